The Morgan fingerprint density at radius 1 is 1.21 bits per heavy atom. The van der Waals surface area contributed by atoms with E-state index in [1.807, 2.05) is 10.1 Å². The molecule has 9 heteroatoms. The third-order valence-corrected chi connectivity index (χ3v) is 8.76. The molecule has 0 radical (unpaired) electrons. The highest BCUT2D eigenvalue weighted by Crippen LogP contribution is 2.61. The predicted octanol–water partition coefficient (Wildman–Crippen LogP) is 4.21. The largest absolute Gasteiger partial charge is 0.378 e. The smallest absolute Gasteiger partial charge is 0.274 e. The van der Waals surface area contributed by atoms with Crippen molar-refractivity contribution in [3.63, 3.8) is 0 Å². The molecule has 1 aliphatic carbocycles. The first kappa shape index (κ1) is 18.6. The van der Waals surface area contributed by atoms with Gasteiger partial charge in [0.2, 0.25) is 0 Å². The maximum atomic E-state index is 13.3. The van der Waals surface area contributed by atoms with Crippen LogP contribution in [0.25, 0.3) is 10.6 Å². The average Bonchev–Trinajstić information content (AvgIpc) is 3.34. The van der Waals surface area contributed by atoms with Crippen molar-refractivity contribution in [3.8, 4) is 10.6 Å². The van der Waals surface area contributed by atoms with Gasteiger partial charge in [0, 0.05) is 18.7 Å². The van der Waals surface area contributed by atoms with Gasteiger partial charge in [0.05, 0.1) is 40.5 Å². The van der Waals surface area contributed by atoms with Crippen molar-refractivity contribution in [2.24, 2.45) is 0 Å². The lowest BCUT2D eigenvalue weighted by Gasteiger charge is -2.36. The molecule has 2 aromatic heterocycles. The highest BCUT2D eigenvalue weighted by atomic mass is 32.3. The second kappa shape index (κ2) is 7.14. The molecule has 4 heterocycles. The zero-order chi connectivity index (χ0) is 19.3. The Morgan fingerprint density at radius 2 is 1.96 bits per heavy atom. The first-order valence-corrected chi connectivity index (χ1v) is 12.5. The van der Waals surface area contributed by atoms with Crippen molar-refractivity contribution >= 4 is 27.8 Å². The standard InChI is InChI=1S/C19H25N3O4S2/c23-19(21-7-9-26-10-8-21)16-14-12-28(24,25)15-6-11-27-18(15)17(14)22(20-16)13-4-2-1-3-5-13/h6,11,13,24-25H,1-5,7-10,12H2. The van der Waals surface area contributed by atoms with E-state index >= 15 is 0 Å². The van der Waals surface area contributed by atoms with Gasteiger partial charge in [-0.05, 0) is 24.3 Å². The first-order chi connectivity index (χ1) is 13.6. The van der Waals surface area contributed by atoms with Crippen LogP contribution in [0.15, 0.2) is 16.3 Å². The van der Waals surface area contributed by atoms with Crippen LogP contribution in [0.5, 0.6) is 0 Å². The molecule has 152 valence electrons. The summed E-state index contributed by atoms with van der Waals surface area (Å²) in [4.78, 5) is 16.5. The van der Waals surface area contributed by atoms with Gasteiger partial charge in [0.1, 0.15) is 0 Å². The maximum absolute atomic E-state index is 13.3. The number of hydrogen-bond donors (Lipinski definition) is 2. The Morgan fingerprint density at radius 3 is 2.71 bits per heavy atom. The van der Waals surface area contributed by atoms with E-state index in [0.29, 0.717) is 42.5 Å². The Bertz CT molecular complexity index is 895. The normalized spacial score (nSPS) is 23.1. The van der Waals surface area contributed by atoms with Gasteiger partial charge in [0.15, 0.2) is 5.69 Å². The van der Waals surface area contributed by atoms with Crippen LogP contribution in [0.2, 0.25) is 0 Å². The Balaban J connectivity index is 1.64. The van der Waals surface area contributed by atoms with Crippen LogP contribution >= 0.6 is 21.9 Å². The van der Waals surface area contributed by atoms with Gasteiger partial charge in [-0.15, -0.1) is 11.3 Å². The Kier molecular flexibility index (Phi) is 4.75. The van der Waals surface area contributed by atoms with Crippen molar-refractivity contribution in [2.75, 3.05) is 26.3 Å². The number of morpholine rings is 1. The van der Waals surface area contributed by atoms with Gasteiger partial charge in [-0.1, -0.05) is 19.3 Å². The molecule has 7 nitrogen and oxygen atoms in total. The lowest BCUT2D eigenvalue weighted by atomic mass is 9.95. The van der Waals surface area contributed by atoms with Gasteiger partial charge in [0.25, 0.3) is 5.91 Å². The molecule has 1 saturated carbocycles. The van der Waals surface area contributed by atoms with Crippen LogP contribution in [0.1, 0.15) is 54.2 Å². The minimum Gasteiger partial charge on any atom is -0.378 e. The van der Waals surface area contributed by atoms with Crippen LogP contribution in [0.4, 0.5) is 0 Å². The number of nitrogens with zero attached hydrogens (tertiary/aromatic N) is 3. The summed E-state index contributed by atoms with van der Waals surface area (Å²) >= 11 is 1.50. The van der Waals surface area contributed by atoms with Crippen molar-refractivity contribution in [1.82, 2.24) is 14.7 Å². The molecule has 2 aromatic rings. The zero-order valence-corrected chi connectivity index (χ0v) is 17.3. The van der Waals surface area contributed by atoms with Gasteiger partial charge in [-0.2, -0.15) is 15.7 Å². The number of carbonyl (C=O) groups excluding carboxylic acids is 1. The van der Waals surface area contributed by atoms with Crippen LogP contribution < -0.4 is 0 Å². The summed E-state index contributed by atoms with van der Waals surface area (Å²) in [5.41, 5.74) is 2.03. The third-order valence-electron chi connectivity index (χ3n) is 5.97. The van der Waals surface area contributed by atoms with Crippen molar-refractivity contribution in [1.29, 1.82) is 0 Å². The molecule has 2 fully saturated rings. The molecular formula is C19H25N3O4S2. The number of ether oxygens (including phenoxy) is 1. The molecule has 0 aromatic carbocycles. The second-order valence-corrected chi connectivity index (χ2v) is 10.7. The summed E-state index contributed by atoms with van der Waals surface area (Å²) in [6.07, 6.45) is 5.67. The lowest BCUT2D eigenvalue weighted by molar-refractivity contribution is 0.0297. The van der Waals surface area contributed by atoms with Gasteiger partial charge in [-0.3, -0.25) is 18.6 Å². The van der Waals surface area contributed by atoms with E-state index in [0.717, 1.165) is 23.4 Å². The SMILES string of the molecule is O=C(c1nn(C2CCCCC2)c2c1CS(O)(O)c1ccsc1-2)N1CCOCC1. The molecule has 1 amide bonds. The molecular weight excluding hydrogens is 398 g/mol. The van der Waals surface area contributed by atoms with Crippen molar-refractivity contribution in [2.45, 2.75) is 48.8 Å². The summed E-state index contributed by atoms with van der Waals surface area (Å²) in [6.45, 7) is 2.15. The highest BCUT2D eigenvalue weighted by Gasteiger charge is 2.39. The van der Waals surface area contributed by atoms with Crippen molar-refractivity contribution < 1.29 is 18.6 Å². The van der Waals surface area contributed by atoms with Gasteiger partial charge >= 0.3 is 0 Å². The summed E-state index contributed by atoms with van der Waals surface area (Å²) in [7, 11) is -2.95. The molecule has 0 bridgehead atoms. The van der Waals surface area contributed by atoms with Crippen LogP contribution in [0, 0.1) is 0 Å². The van der Waals surface area contributed by atoms with Crippen LogP contribution in [0.3, 0.4) is 0 Å². The number of aromatic nitrogens is 2. The molecule has 5 rings (SSSR count). The number of hydrogen-bond acceptors (Lipinski definition) is 6. The summed E-state index contributed by atoms with van der Waals surface area (Å²) in [6, 6.07) is 2.07. The first-order valence-electron chi connectivity index (χ1n) is 9.88. The molecule has 0 spiro atoms. The molecule has 2 N–H and O–H groups in total. The fourth-order valence-corrected chi connectivity index (χ4v) is 7.53. The van der Waals surface area contributed by atoms with Crippen LogP contribution in [-0.2, 0) is 10.5 Å². The Labute approximate surface area is 169 Å². The fraction of sp³-hybridized carbons (Fsp3) is 0.579. The molecule has 3 aliphatic rings. The monoisotopic (exact) mass is 423 g/mol. The molecule has 28 heavy (non-hydrogen) atoms. The minimum atomic E-state index is -2.95. The topological polar surface area (TPSA) is 87.8 Å². The highest BCUT2D eigenvalue weighted by molar-refractivity contribution is 8.23. The van der Waals surface area contributed by atoms with E-state index in [1.54, 1.807) is 11.0 Å². The number of thiophene rings is 1. The van der Waals surface area contributed by atoms with Gasteiger partial charge in [-0.25, -0.2) is 0 Å². The third kappa shape index (κ3) is 3.00. The number of fused-ring (bicyclic) bond motifs is 3. The summed E-state index contributed by atoms with van der Waals surface area (Å²) in [5, 5.41) is 6.72. The summed E-state index contributed by atoms with van der Waals surface area (Å²) < 4.78 is 28.9. The van der Waals surface area contributed by atoms with E-state index < -0.39 is 10.6 Å². The maximum Gasteiger partial charge on any atom is 0.274 e. The fourth-order valence-electron chi connectivity index (χ4n) is 4.53. The van der Waals surface area contributed by atoms with Crippen LogP contribution in [-0.4, -0.2) is 56.0 Å². The van der Waals surface area contributed by atoms with E-state index in [-0.39, 0.29) is 17.7 Å². The average molecular weight is 424 g/mol. The van der Waals surface area contributed by atoms with Gasteiger partial charge < -0.3 is 9.64 Å². The number of carbonyl (C=O) groups is 1. The second-order valence-electron chi connectivity index (χ2n) is 7.74. The molecule has 0 atom stereocenters. The lowest BCUT2D eigenvalue weighted by Crippen LogP contribution is -2.41. The molecule has 0 unspecified atom stereocenters. The van der Waals surface area contributed by atoms with E-state index in [2.05, 4.69) is 0 Å². The quantitative estimate of drug-likeness (QED) is 0.755. The Hall–Kier alpha value is -1.39. The number of amides is 1. The number of rotatable bonds is 2. The van der Waals surface area contributed by atoms with E-state index in [4.69, 9.17) is 9.84 Å². The van der Waals surface area contributed by atoms with E-state index in [1.165, 1.54) is 30.6 Å². The van der Waals surface area contributed by atoms with Crippen molar-refractivity contribution in [3.05, 3.63) is 22.7 Å². The molecule has 2 aliphatic heterocycles. The van der Waals surface area contributed by atoms with E-state index in [9.17, 15) is 13.9 Å². The summed E-state index contributed by atoms with van der Waals surface area (Å²) in [5.74, 6) is -0.0474. The minimum absolute atomic E-state index is 0.0736. The zero-order valence-electron chi connectivity index (χ0n) is 15.7. The molecule has 1 saturated heterocycles. The predicted molar refractivity (Wildman–Crippen MR) is 109 cm³/mol.